The Morgan fingerprint density at radius 2 is 1.79 bits per heavy atom. The summed E-state index contributed by atoms with van der Waals surface area (Å²) in [6.45, 7) is 8.66. The van der Waals surface area contributed by atoms with E-state index in [0.29, 0.717) is 82.6 Å². The number of carbonyl (C=O) groups is 3. The fraction of sp³-hybridized carbons (Fsp3) is 0.587. The summed E-state index contributed by atoms with van der Waals surface area (Å²) in [5, 5.41) is 18.8. The van der Waals surface area contributed by atoms with Crippen molar-refractivity contribution in [2.24, 2.45) is 16.4 Å². The molecule has 1 aliphatic carbocycles. The second-order valence-electron chi connectivity index (χ2n) is 18.4. The van der Waals surface area contributed by atoms with Crippen molar-refractivity contribution >= 4 is 34.5 Å². The average Bonchev–Trinajstić information content (AvgIpc) is 3.92. The lowest BCUT2D eigenvalue weighted by molar-refractivity contribution is -0.228. The summed E-state index contributed by atoms with van der Waals surface area (Å²) >= 11 is 0. The van der Waals surface area contributed by atoms with Gasteiger partial charge in [-0.25, -0.2) is 4.79 Å². The van der Waals surface area contributed by atoms with Gasteiger partial charge >= 0.3 is 17.9 Å². The highest BCUT2D eigenvalue weighted by molar-refractivity contribution is 5.95. The van der Waals surface area contributed by atoms with Crippen LogP contribution < -0.4 is 9.64 Å². The summed E-state index contributed by atoms with van der Waals surface area (Å²) in [4.78, 5) is 56.7. The van der Waals surface area contributed by atoms with Crippen molar-refractivity contribution in [3.63, 3.8) is 0 Å². The maximum absolute atomic E-state index is 15.4. The zero-order valence-corrected chi connectivity index (χ0v) is 36.2. The van der Waals surface area contributed by atoms with Crippen LogP contribution in [0, 0.1) is 11.3 Å². The first-order valence-electron chi connectivity index (χ1n) is 21.6. The number of esters is 3. The topological polar surface area (TPSA) is 183 Å². The van der Waals surface area contributed by atoms with Crippen LogP contribution in [0.3, 0.4) is 0 Å². The van der Waals surface area contributed by atoms with E-state index in [0.717, 1.165) is 33.4 Å². The molecule has 2 bridgehead atoms. The number of aliphatic hydroxyl groups is 1. The van der Waals surface area contributed by atoms with Crippen molar-refractivity contribution in [1.82, 2.24) is 14.8 Å². The number of piperidine rings is 1. The van der Waals surface area contributed by atoms with Gasteiger partial charge in [0.2, 0.25) is 5.60 Å². The van der Waals surface area contributed by atoms with Crippen LogP contribution in [0.25, 0.3) is 21.3 Å². The molecule has 5 aliphatic heterocycles. The molecule has 1 spiro atoms. The Kier molecular flexibility index (Phi) is 9.82. The predicted octanol–water partition coefficient (Wildman–Crippen LogP) is 5.31. The summed E-state index contributed by atoms with van der Waals surface area (Å²) in [5.41, 5.74) is 8.33. The van der Waals surface area contributed by atoms with Crippen LogP contribution in [0.5, 0.6) is 5.75 Å². The van der Waals surface area contributed by atoms with Crippen molar-refractivity contribution in [2.45, 2.75) is 99.5 Å². The number of para-hydroxylation sites is 1. The average molecular weight is 836 g/mol. The molecule has 3 fully saturated rings. The van der Waals surface area contributed by atoms with Crippen molar-refractivity contribution in [1.29, 1.82) is 0 Å². The van der Waals surface area contributed by atoms with Gasteiger partial charge < -0.3 is 38.8 Å². The molecule has 1 saturated carbocycles. The Morgan fingerprint density at radius 1 is 1.02 bits per heavy atom. The van der Waals surface area contributed by atoms with Gasteiger partial charge in [0.05, 0.1) is 32.9 Å². The van der Waals surface area contributed by atoms with Crippen molar-refractivity contribution in [2.75, 3.05) is 66.0 Å². The third-order valence-electron chi connectivity index (χ3n) is 15.9. The lowest BCUT2D eigenvalue weighted by Crippen LogP contribution is -2.81. The molecular weight excluding hydrogens is 779 g/mol. The fourth-order valence-corrected chi connectivity index (χ4v) is 13.7. The first-order chi connectivity index (χ1) is 29.3. The molecule has 6 aliphatic rings. The standard InChI is InChI=1S/C46H57N7O8/c1-8-42(49-50-47)23-28-24-45(40(55)59-6,36-30(15-19-52(25-28)26-42)29-13-10-11-14-33(29)48-36)32-21-31-34(22-35(32)58-5)51(4)38-44(31)17-20-53-18-12-16-43(9-2,37(44)53)39(61-27(3)54)46(38,57)41(56)60-7/h10-14,16,21-22,28,37-39,48,57H,8-9,15,17-20,23-26H2,1-7H3/t28-,37+,38-,39-,42+,43-,44-,45+,46+/m1/s1. The Balaban J connectivity index is 1.36. The molecule has 6 heterocycles. The highest BCUT2D eigenvalue weighted by atomic mass is 16.6. The molecular formula is C46H57N7O8. The molecule has 1 unspecified atom stereocenters. The van der Waals surface area contributed by atoms with Crippen LogP contribution in [-0.2, 0) is 45.8 Å². The minimum atomic E-state index is -2.31. The number of aromatic amines is 1. The van der Waals surface area contributed by atoms with Gasteiger partial charge in [0.1, 0.15) is 11.2 Å². The van der Waals surface area contributed by atoms with Crippen LogP contribution in [0.4, 0.5) is 5.69 Å². The number of likely N-dealkylation sites (N-methyl/N-ethyl adjacent to an activating group) is 1. The predicted molar refractivity (Wildman–Crippen MR) is 227 cm³/mol. The molecule has 2 aromatic carbocycles. The lowest BCUT2D eigenvalue weighted by atomic mass is 9.47. The number of nitrogens with one attached hydrogen (secondary N) is 1. The first kappa shape index (κ1) is 41.3. The summed E-state index contributed by atoms with van der Waals surface area (Å²) in [5.74, 6) is -1.61. The molecule has 1 aromatic heterocycles. The maximum Gasteiger partial charge on any atom is 0.344 e. The maximum atomic E-state index is 15.4. The largest absolute Gasteiger partial charge is 0.496 e. The second-order valence-corrected chi connectivity index (χ2v) is 18.4. The molecule has 9 rings (SSSR count). The minimum Gasteiger partial charge on any atom is -0.496 e. The van der Waals surface area contributed by atoms with E-state index in [1.807, 2.05) is 55.3 Å². The van der Waals surface area contributed by atoms with E-state index in [4.69, 9.17) is 18.9 Å². The van der Waals surface area contributed by atoms with Gasteiger partial charge in [0.25, 0.3) is 0 Å². The number of methoxy groups -OCH3 is 3. The van der Waals surface area contributed by atoms with Crippen molar-refractivity contribution in [3.05, 3.63) is 81.4 Å². The number of rotatable bonds is 8. The van der Waals surface area contributed by atoms with Crippen LogP contribution in [0.1, 0.15) is 75.3 Å². The van der Waals surface area contributed by atoms with Gasteiger partial charge in [-0.3, -0.25) is 14.5 Å². The Morgan fingerprint density at radius 3 is 2.48 bits per heavy atom. The van der Waals surface area contributed by atoms with Crippen LogP contribution in [0.2, 0.25) is 0 Å². The number of H-pyrrole nitrogens is 1. The quantitative estimate of drug-likeness (QED) is 0.0750. The van der Waals surface area contributed by atoms with Gasteiger partial charge in [-0.05, 0) is 79.8 Å². The number of ether oxygens (including phenoxy) is 4. The van der Waals surface area contributed by atoms with Gasteiger partial charge in [0, 0.05) is 95.8 Å². The molecule has 15 heteroatoms. The summed E-state index contributed by atoms with van der Waals surface area (Å²) in [6, 6.07) is 10.9. The SMILES string of the molecule is CC[C@]1(N=[N+]=[N-])C[C@H]2CN(CCc3c([nH]c4ccccc34)[C@@](C(=O)OC)(c3cc4c(cc3OC)N(C)[C@H]3[C@@](O)(C(=O)OC)[C@H](OC(C)=O)[C@]5(CC)C=CCN6CC[C@]43[C@@H]65)C2)C1. The number of anilines is 1. The monoisotopic (exact) mass is 835 g/mol. The van der Waals surface area contributed by atoms with Gasteiger partial charge in [-0.1, -0.05) is 49.3 Å². The molecule has 0 amide bonds. The number of hydrogen-bond acceptors (Lipinski definition) is 12. The molecule has 15 nitrogen and oxygen atoms in total. The number of azide groups is 1. The van der Waals surface area contributed by atoms with Gasteiger partial charge in [-0.15, -0.1) is 0 Å². The zero-order chi connectivity index (χ0) is 43.3. The van der Waals surface area contributed by atoms with Crippen LogP contribution in [-0.4, -0.2) is 128 Å². The van der Waals surface area contributed by atoms with E-state index in [1.54, 1.807) is 7.11 Å². The fourth-order valence-electron chi connectivity index (χ4n) is 13.7. The van der Waals surface area contributed by atoms with E-state index in [1.165, 1.54) is 21.1 Å². The summed E-state index contributed by atoms with van der Waals surface area (Å²) in [7, 11) is 6.13. The highest BCUT2D eigenvalue weighted by Gasteiger charge is 2.80. The highest BCUT2D eigenvalue weighted by Crippen LogP contribution is 2.68. The number of aromatic nitrogens is 1. The number of fused-ring (bicyclic) bond motifs is 6. The Hall–Kier alpha value is -5.08. The molecule has 61 heavy (non-hydrogen) atoms. The second kappa shape index (κ2) is 14.5. The normalized spacial score (nSPS) is 35.9. The van der Waals surface area contributed by atoms with Crippen molar-refractivity contribution in [3.8, 4) is 5.75 Å². The van der Waals surface area contributed by atoms with Crippen LogP contribution >= 0.6 is 0 Å². The summed E-state index contributed by atoms with van der Waals surface area (Å²) in [6.07, 6.45) is 5.99. The van der Waals surface area contributed by atoms with E-state index >= 15 is 4.79 Å². The van der Waals surface area contributed by atoms with E-state index in [9.17, 15) is 20.2 Å². The smallest absolute Gasteiger partial charge is 0.344 e. The summed E-state index contributed by atoms with van der Waals surface area (Å²) < 4.78 is 24.0. The third-order valence-corrected chi connectivity index (χ3v) is 15.9. The molecule has 10 atom stereocenters. The molecule has 0 radical (unpaired) electrons. The molecule has 2 saturated heterocycles. The first-order valence-corrected chi connectivity index (χ1v) is 21.6. The Bertz CT molecular complexity index is 2390. The van der Waals surface area contributed by atoms with Crippen LogP contribution in [0.15, 0.2) is 53.7 Å². The number of benzene rings is 2. The van der Waals surface area contributed by atoms with Gasteiger partial charge in [-0.2, -0.15) is 0 Å². The zero-order valence-electron chi connectivity index (χ0n) is 36.2. The number of nitrogens with zero attached hydrogens (tertiary/aromatic N) is 6. The number of carbonyl (C=O) groups excluding carboxylic acids is 3. The van der Waals surface area contributed by atoms with E-state index < -0.39 is 57.4 Å². The lowest BCUT2D eigenvalue weighted by Gasteiger charge is -2.63. The molecule has 324 valence electrons. The van der Waals surface area contributed by atoms with Crippen molar-refractivity contribution < 1.29 is 38.4 Å². The molecule has 3 aromatic rings. The Labute approximate surface area is 355 Å². The van der Waals surface area contributed by atoms with E-state index in [-0.39, 0.29) is 12.0 Å². The minimum absolute atomic E-state index is 0.107. The van der Waals surface area contributed by atoms with E-state index in [2.05, 4.69) is 43.9 Å². The number of hydrogen-bond donors (Lipinski definition) is 2. The third kappa shape index (κ3) is 5.39. The van der Waals surface area contributed by atoms with Gasteiger partial charge in [0.15, 0.2) is 6.10 Å². The molecule has 2 N–H and O–H groups in total.